The highest BCUT2D eigenvalue weighted by molar-refractivity contribution is 6.21. The first-order valence-electron chi connectivity index (χ1n) is 18.9. The molecule has 1 aliphatic heterocycles. The van der Waals surface area contributed by atoms with Crippen LogP contribution in [0.2, 0.25) is 0 Å². The van der Waals surface area contributed by atoms with Crippen molar-refractivity contribution >= 4 is 60.5 Å². The average Bonchev–Trinajstić information content (AvgIpc) is 3.58. The molecule has 0 N–H and O–H groups in total. The fraction of sp³-hybridized carbons (Fsp3) is 0.0588. The maximum absolute atomic E-state index is 5.38. The van der Waals surface area contributed by atoms with E-state index in [9.17, 15) is 0 Å². The molecule has 0 spiro atoms. The number of fused-ring (bicyclic) bond motifs is 8. The van der Waals surface area contributed by atoms with Crippen molar-refractivity contribution in [2.45, 2.75) is 19.3 Å². The van der Waals surface area contributed by atoms with Crippen molar-refractivity contribution in [3.63, 3.8) is 0 Å². The van der Waals surface area contributed by atoms with Gasteiger partial charge in [0.1, 0.15) is 0 Å². The van der Waals surface area contributed by atoms with Gasteiger partial charge >= 0.3 is 0 Å². The van der Waals surface area contributed by atoms with E-state index < -0.39 is 0 Å². The number of hydrogen-bond acceptors (Lipinski definition) is 3. The van der Waals surface area contributed by atoms with Crippen molar-refractivity contribution in [3.05, 3.63) is 193 Å². The predicted octanol–water partition coefficient (Wildman–Crippen LogP) is 13.3. The minimum Gasteiger partial charge on any atom is -0.310 e. The first-order valence-corrected chi connectivity index (χ1v) is 18.9. The average molecular weight is 705 g/mol. The van der Waals surface area contributed by atoms with Gasteiger partial charge in [-0.05, 0) is 81.6 Å². The van der Waals surface area contributed by atoms with E-state index in [1.54, 1.807) is 0 Å². The van der Waals surface area contributed by atoms with Crippen molar-refractivity contribution < 1.29 is 0 Å². The molecule has 0 saturated carbocycles. The highest BCUT2D eigenvalue weighted by Gasteiger charge is 2.37. The van der Waals surface area contributed by atoms with Crippen LogP contribution in [0.3, 0.4) is 0 Å². The molecule has 0 fully saturated rings. The van der Waals surface area contributed by atoms with E-state index >= 15 is 0 Å². The number of benzene rings is 8. The zero-order valence-corrected chi connectivity index (χ0v) is 30.6. The lowest BCUT2D eigenvalue weighted by Crippen LogP contribution is -2.30. The lowest BCUT2D eigenvalue weighted by atomic mass is 9.73. The van der Waals surface area contributed by atoms with E-state index in [0.29, 0.717) is 5.95 Å². The van der Waals surface area contributed by atoms with Crippen LogP contribution in [-0.4, -0.2) is 14.5 Å². The van der Waals surface area contributed by atoms with Gasteiger partial charge in [-0.1, -0.05) is 147 Å². The summed E-state index contributed by atoms with van der Waals surface area (Å²) in [6, 6.07) is 65.3. The maximum atomic E-state index is 5.38. The Bertz CT molecular complexity index is 3120. The van der Waals surface area contributed by atoms with E-state index in [0.717, 1.165) is 44.4 Å². The van der Waals surface area contributed by atoms with E-state index in [1.807, 2.05) is 6.07 Å². The third-order valence-electron chi connectivity index (χ3n) is 11.6. The molecule has 4 nitrogen and oxygen atoms in total. The van der Waals surface area contributed by atoms with Crippen LogP contribution in [0.5, 0.6) is 0 Å². The molecule has 0 radical (unpaired) electrons. The van der Waals surface area contributed by atoms with Crippen LogP contribution in [0, 0.1) is 0 Å². The molecule has 8 aromatic carbocycles. The summed E-state index contributed by atoms with van der Waals surface area (Å²) in [4.78, 5) is 13.1. The normalized spacial score (nSPS) is 13.4. The quantitative estimate of drug-likeness (QED) is 0.183. The summed E-state index contributed by atoms with van der Waals surface area (Å²) in [7, 11) is 0. The van der Waals surface area contributed by atoms with Gasteiger partial charge in [-0.25, -0.2) is 9.97 Å². The highest BCUT2D eigenvalue weighted by Crippen LogP contribution is 2.52. The summed E-state index contributed by atoms with van der Waals surface area (Å²) in [6.07, 6.45) is 0. The molecule has 3 heterocycles. The summed E-state index contributed by atoms with van der Waals surface area (Å²) in [5, 5.41) is 5.85. The molecule has 0 saturated heterocycles. The molecule has 2 aromatic heterocycles. The number of anilines is 3. The third kappa shape index (κ3) is 4.78. The number of rotatable bonds is 4. The smallest absolute Gasteiger partial charge is 0.235 e. The minimum absolute atomic E-state index is 0.210. The molecule has 55 heavy (non-hydrogen) atoms. The fourth-order valence-corrected chi connectivity index (χ4v) is 8.90. The van der Waals surface area contributed by atoms with E-state index in [2.05, 4.69) is 199 Å². The van der Waals surface area contributed by atoms with Crippen molar-refractivity contribution in [2.24, 2.45) is 0 Å². The topological polar surface area (TPSA) is 34.0 Å². The molecule has 0 atom stereocenters. The van der Waals surface area contributed by atoms with Gasteiger partial charge in [0.05, 0.1) is 33.6 Å². The molecule has 0 amide bonds. The molecule has 0 aliphatic carbocycles. The van der Waals surface area contributed by atoms with E-state index in [4.69, 9.17) is 9.97 Å². The van der Waals surface area contributed by atoms with Crippen LogP contribution in [0.4, 0.5) is 17.1 Å². The van der Waals surface area contributed by atoms with Gasteiger partial charge in [-0.15, -0.1) is 0 Å². The Labute approximate surface area is 319 Å². The Balaban J connectivity index is 1.17. The SMILES string of the molecule is CC1(C)c2ccccc2N(c2ccccc2)c2ccc(-c3ccc4c5c6ccccc6ccc5n(-c5nc(-c6ccccc6)c6ccccc6n5)c4c3)cc21. The van der Waals surface area contributed by atoms with Crippen molar-refractivity contribution in [3.8, 4) is 28.3 Å². The number of aromatic nitrogens is 3. The number of nitrogens with zero attached hydrogens (tertiary/aromatic N) is 4. The predicted molar refractivity (Wildman–Crippen MR) is 229 cm³/mol. The Morgan fingerprint density at radius 2 is 1.13 bits per heavy atom. The second-order valence-electron chi connectivity index (χ2n) is 15.0. The molecule has 0 bridgehead atoms. The molecule has 11 rings (SSSR count). The lowest BCUT2D eigenvalue weighted by molar-refractivity contribution is 0.632. The molecular formula is C51H36N4. The van der Waals surface area contributed by atoms with Gasteiger partial charge in [-0.3, -0.25) is 4.57 Å². The van der Waals surface area contributed by atoms with Crippen LogP contribution < -0.4 is 4.90 Å². The van der Waals surface area contributed by atoms with Crippen LogP contribution in [0.25, 0.3) is 71.8 Å². The summed E-state index contributed by atoms with van der Waals surface area (Å²) >= 11 is 0. The minimum atomic E-state index is -0.210. The zero-order chi connectivity index (χ0) is 36.7. The third-order valence-corrected chi connectivity index (χ3v) is 11.6. The van der Waals surface area contributed by atoms with Gasteiger partial charge in [0.25, 0.3) is 0 Å². The Kier molecular flexibility index (Phi) is 6.86. The van der Waals surface area contributed by atoms with Crippen LogP contribution in [0.15, 0.2) is 182 Å². The molecule has 10 aromatic rings. The van der Waals surface area contributed by atoms with E-state index in [-0.39, 0.29) is 5.41 Å². The van der Waals surface area contributed by atoms with Crippen LogP contribution in [-0.2, 0) is 5.41 Å². The second kappa shape index (κ2) is 12.0. The van der Waals surface area contributed by atoms with Gasteiger partial charge < -0.3 is 4.90 Å². The highest BCUT2D eigenvalue weighted by atomic mass is 15.2. The second-order valence-corrected chi connectivity index (χ2v) is 15.0. The Morgan fingerprint density at radius 1 is 0.455 bits per heavy atom. The zero-order valence-electron chi connectivity index (χ0n) is 30.6. The van der Waals surface area contributed by atoms with E-state index in [1.165, 1.54) is 49.6 Å². The first-order chi connectivity index (χ1) is 27.0. The van der Waals surface area contributed by atoms with Crippen molar-refractivity contribution in [2.75, 3.05) is 4.90 Å². The fourth-order valence-electron chi connectivity index (χ4n) is 8.90. The lowest BCUT2D eigenvalue weighted by Gasteiger charge is -2.42. The summed E-state index contributed by atoms with van der Waals surface area (Å²) in [5.74, 6) is 0.659. The van der Waals surface area contributed by atoms with Gasteiger partial charge in [0.2, 0.25) is 5.95 Å². The van der Waals surface area contributed by atoms with Gasteiger partial charge in [0, 0.05) is 32.8 Å². The number of para-hydroxylation sites is 3. The first kappa shape index (κ1) is 31.5. The molecule has 0 unspecified atom stereocenters. The molecule has 1 aliphatic rings. The van der Waals surface area contributed by atoms with Gasteiger partial charge in [-0.2, -0.15) is 0 Å². The molecular weight excluding hydrogens is 669 g/mol. The van der Waals surface area contributed by atoms with Crippen LogP contribution >= 0.6 is 0 Å². The van der Waals surface area contributed by atoms with Crippen molar-refractivity contribution in [1.82, 2.24) is 14.5 Å². The summed E-state index contributed by atoms with van der Waals surface area (Å²) in [6.45, 7) is 4.70. The summed E-state index contributed by atoms with van der Waals surface area (Å²) in [5.41, 5.74) is 13.4. The Morgan fingerprint density at radius 3 is 1.98 bits per heavy atom. The molecule has 4 heteroatoms. The monoisotopic (exact) mass is 704 g/mol. The standard InChI is InChI=1S/C51H36N4/c1-51(2)41-22-12-14-24-44(41)54(37-18-7-4-8-19-37)45-29-27-35(31-42(45)51)36-25-28-40-47(32-36)55(46-30-26-33-15-9-10-20-38(33)48(40)46)50-52-43-23-13-11-21-39(43)49(53-50)34-16-5-3-6-17-34/h3-32H,1-2H3. The van der Waals surface area contributed by atoms with Gasteiger partial charge in [0.15, 0.2) is 0 Å². The van der Waals surface area contributed by atoms with Crippen molar-refractivity contribution in [1.29, 1.82) is 0 Å². The number of hydrogen-bond donors (Lipinski definition) is 0. The largest absolute Gasteiger partial charge is 0.310 e. The Hall–Kier alpha value is -7.04. The maximum Gasteiger partial charge on any atom is 0.235 e. The van der Waals surface area contributed by atoms with Crippen LogP contribution in [0.1, 0.15) is 25.0 Å². The summed E-state index contributed by atoms with van der Waals surface area (Å²) < 4.78 is 2.27. The molecule has 260 valence electrons.